The van der Waals surface area contributed by atoms with E-state index in [4.69, 9.17) is 14.4 Å². The van der Waals surface area contributed by atoms with Gasteiger partial charge in [-0.15, -0.1) is 12.1 Å². The smallest absolute Gasteiger partial charge is 0.125 e. The Balaban J connectivity index is 0.00000441. The molecular formula is C50H46N3O2Pt-. The Morgan fingerprint density at radius 3 is 2.11 bits per heavy atom. The van der Waals surface area contributed by atoms with Crippen LogP contribution in [0.5, 0.6) is 5.75 Å². The minimum atomic E-state index is -0.241. The first kappa shape index (κ1) is 37.7. The number of phenolic OH excluding ortho intramolecular Hbond substituents is 1. The van der Waals surface area contributed by atoms with E-state index in [0.717, 1.165) is 83.9 Å². The maximum atomic E-state index is 11.3. The van der Waals surface area contributed by atoms with Gasteiger partial charge in [0, 0.05) is 43.9 Å². The zero-order chi connectivity index (χ0) is 38.4. The summed E-state index contributed by atoms with van der Waals surface area (Å²) in [6, 6.07) is 41.4. The molecule has 3 heterocycles. The number of hydrogen-bond acceptors (Lipinski definition) is 4. The van der Waals surface area contributed by atoms with Crippen molar-refractivity contribution in [2.24, 2.45) is 0 Å². The van der Waals surface area contributed by atoms with Crippen molar-refractivity contribution < 1.29 is 30.6 Å². The van der Waals surface area contributed by atoms with E-state index in [2.05, 4.69) is 151 Å². The third-order valence-electron chi connectivity index (χ3n) is 12.4. The van der Waals surface area contributed by atoms with Gasteiger partial charge in [-0.05, 0) is 86.3 Å². The molecule has 0 radical (unpaired) electrons. The molecule has 9 rings (SSSR count). The number of furan rings is 1. The zero-order valence-electron chi connectivity index (χ0n) is 33.1. The van der Waals surface area contributed by atoms with Gasteiger partial charge in [0.25, 0.3) is 0 Å². The molecule has 6 heteroatoms. The Kier molecular flexibility index (Phi) is 9.24. The minimum Gasteiger partial charge on any atom is -0.507 e. The molecule has 8 aromatic rings. The average Bonchev–Trinajstić information content (AvgIpc) is 3.79. The van der Waals surface area contributed by atoms with Crippen LogP contribution in [0.25, 0.3) is 72.8 Å². The van der Waals surface area contributed by atoms with E-state index in [1.807, 2.05) is 24.3 Å². The number of rotatable bonds is 6. The van der Waals surface area contributed by atoms with Crippen molar-refractivity contribution in [3.05, 3.63) is 144 Å². The van der Waals surface area contributed by atoms with Crippen molar-refractivity contribution in [3.63, 3.8) is 0 Å². The van der Waals surface area contributed by atoms with E-state index in [9.17, 15) is 5.11 Å². The van der Waals surface area contributed by atoms with Gasteiger partial charge in [-0.1, -0.05) is 139 Å². The molecule has 56 heavy (non-hydrogen) atoms. The Morgan fingerprint density at radius 2 is 1.39 bits per heavy atom. The van der Waals surface area contributed by atoms with E-state index >= 15 is 0 Å². The molecule has 0 atom stereocenters. The molecule has 5 nitrogen and oxygen atoms in total. The summed E-state index contributed by atoms with van der Waals surface area (Å²) >= 11 is 0. The Hall–Kier alpha value is -5.25. The van der Waals surface area contributed by atoms with Crippen LogP contribution < -0.4 is 0 Å². The number of aromatic hydroxyl groups is 1. The van der Waals surface area contributed by atoms with Crippen LogP contribution in [-0.4, -0.2) is 19.6 Å². The van der Waals surface area contributed by atoms with E-state index in [1.165, 1.54) is 11.1 Å². The fourth-order valence-corrected chi connectivity index (χ4v) is 8.37. The van der Waals surface area contributed by atoms with Crippen LogP contribution in [0.3, 0.4) is 0 Å². The second-order valence-electron chi connectivity index (χ2n) is 16.8. The van der Waals surface area contributed by atoms with Gasteiger partial charge in [-0.2, -0.15) is 0 Å². The number of phenols is 1. The summed E-state index contributed by atoms with van der Waals surface area (Å²) in [7, 11) is 0. The largest absolute Gasteiger partial charge is 0.507 e. The molecule has 0 spiro atoms. The van der Waals surface area contributed by atoms with Crippen LogP contribution in [0.4, 0.5) is 0 Å². The topological polar surface area (TPSA) is 64.1 Å². The number of fused-ring (bicyclic) bond motifs is 6. The average molecular weight is 916 g/mol. The van der Waals surface area contributed by atoms with Crippen LogP contribution in [0.1, 0.15) is 89.5 Å². The number of imidazole rings is 1. The SMILES string of the molecule is CC(C)c1cc(C(C)C)cc(-n2cc(-c3ccc4c(n3)-c3c(O)cccc3C(C)(C)C4(C)C)nc2-c2[c-]ccc3oc4ccc(-c5ccccc5)cc4c23)c1.[Pt]. The van der Waals surface area contributed by atoms with Crippen molar-refractivity contribution in [1.29, 1.82) is 0 Å². The maximum Gasteiger partial charge on any atom is 0.125 e. The van der Waals surface area contributed by atoms with Crippen LogP contribution in [0.2, 0.25) is 0 Å². The molecule has 0 aliphatic heterocycles. The third-order valence-corrected chi connectivity index (χ3v) is 12.4. The summed E-state index contributed by atoms with van der Waals surface area (Å²) in [5.41, 5.74) is 13.1. The van der Waals surface area contributed by atoms with E-state index < -0.39 is 0 Å². The summed E-state index contributed by atoms with van der Waals surface area (Å²) < 4.78 is 8.70. The number of benzene rings is 5. The summed E-state index contributed by atoms with van der Waals surface area (Å²) in [5.74, 6) is 1.69. The molecule has 0 bridgehead atoms. The second-order valence-corrected chi connectivity index (χ2v) is 16.8. The maximum absolute atomic E-state index is 11.3. The van der Waals surface area contributed by atoms with E-state index in [1.54, 1.807) is 6.07 Å². The number of aromatic nitrogens is 3. The molecule has 0 unspecified atom stereocenters. The molecule has 1 aliphatic carbocycles. The van der Waals surface area contributed by atoms with Crippen molar-refractivity contribution >= 4 is 21.9 Å². The third kappa shape index (κ3) is 5.86. The molecule has 0 saturated carbocycles. The molecule has 0 fully saturated rings. The van der Waals surface area contributed by atoms with Crippen molar-refractivity contribution in [2.45, 2.75) is 78.1 Å². The summed E-state index contributed by atoms with van der Waals surface area (Å²) in [6.07, 6.45) is 2.11. The molecule has 1 N–H and O–H groups in total. The Labute approximate surface area is 343 Å². The number of nitrogens with zero attached hydrogens (tertiary/aromatic N) is 3. The van der Waals surface area contributed by atoms with Crippen LogP contribution in [0.15, 0.2) is 120 Å². The Morgan fingerprint density at radius 1 is 0.679 bits per heavy atom. The molecule has 284 valence electrons. The molecule has 0 saturated heterocycles. The number of pyridine rings is 1. The predicted molar refractivity (Wildman–Crippen MR) is 225 cm³/mol. The van der Waals surface area contributed by atoms with Crippen LogP contribution >= 0.6 is 0 Å². The van der Waals surface area contributed by atoms with Gasteiger partial charge in [0.05, 0.1) is 28.5 Å². The van der Waals surface area contributed by atoms with Gasteiger partial charge in [0.15, 0.2) is 0 Å². The molecule has 3 aromatic heterocycles. The first-order valence-corrected chi connectivity index (χ1v) is 19.4. The van der Waals surface area contributed by atoms with Crippen LogP contribution in [0, 0.1) is 6.07 Å². The molecular weight excluding hydrogens is 870 g/mol. The quantitative estimate of drug-likeness (QED) is 0.169. The predicted octanol–water partition coefficient (Wildman–Crippen LogP) is 13.2. The molecule has 0 amide bonds. The first-order valence-electron chi connectivity index (χ1n) is 19.4. The standard InChI is InChI=1S/C50H46N3O2.Pt/c1-29(2)33-24-34(30(3)4)26-35(25-33)53-28-41(40-22-21-39-47(51-40)46-38(17-13-18-42(46)54)49(5,6)50(39,7)8)52-48(53)36-16-12-19-44-45(36)37-27-32(20-23-43(37)55-44)31-14-10-9-11-15-31;/h9-15,17-30,54H,1-8H3;/q-1;. The van der Waals surface area contributed by atoms with Crippen molar-refractivity contribution in [3.8, 4) is 56.6 Å². The van der Waals surface area contributed by atoms with Gasteiger partial charge in [0.1, 0.15) is 11.3 Å². The fraction of sp³-hybridized carbons (Fsp3) is 0.240. The molecule has 1 aliphatic rings. The summed E-state index contributed by atoms with van der Waals surface area (Å²) in [6.45, 7) is 18.0. The normalized spacial score (nSPS) is 14.2. The Bertz CT molecular complexity index is 2760. The van der Waals surface area contributed by atoms with Gasteiger partial charge in [-0.25, -0.2) is 4.98 Å². The second kappa shape index (κ2) is 13.7. The zero-order valence-corrected chi connectivity index (χ0v) is 35.4. The fourth-order valence-electron chi connectivity index (χ4n) is 8.37. The van der Waals surface area contributed by atoms with Crippen molar-refractivity contribution in [1.82, 2.24) is 14.5 Å². The summed E-state index contributed by atoms with van der Waals surface area (Å²) in [4.78, 5) is 10.8. The van der Waals surface area contributed by atoms with E-state index in [0.29, 0.717) is 11.8 Å². The first-order chi connectivity index (χ1) is 26.3. The van der Waals surface area contributed by atoms with Gasteiger partial charge < -0.3 is 14.1 Å². The van der Waals surface area contributed by atoms with Gasteiger partial charge in [-0.3, -0.25) is 4.98 Å². The minimum absolute atomic E-state index is 0. The van der Waals surface area contributed by atoms with Gasteiger partial charge >= 0.3 is 0 Å². The van der Waals surface area contributed by atoms with Crippen molar-refractivity contribution in [2.75, 3.05) is 0 Å². The van der Waals surface area contributed by atoms with Crippen LogP contribution in [-0.2, 0) is 31.9 Å². The number of hydrogen-bond donors (Lipinski definition) is 1. The monoisotopic (exact) mass is 915 g/mol. The van der Waals surface area contributed by atoms with E-state index in [-0.39, 0.29) is 37.6 Å². The summed E-state index contributed by atoms with van der Waals surface area (Å²) in [5, 5.41) is 13.3. The molecule has 5 aromatic carbocycles. The van der Waals surface area contributed by atoms with Gasteiger partial charge in [0.2, 0.25) is 0 Å².